The van der Waals surface area contributed by atoms with Gasteiger partial charge in [-0.05, 0) is 38.5 Å². The first-order valence-electron chi connectivity index (χ1n) is 6.54. The maximum Gasteiger partial charge on any atom is 0.333 e. The summed E-state index contributed by atoms with van der Waals surface area (Å²) in [6.07, 6.45) is 6.50. The highest BCUT2D eigenvalue weighted by molar-refractivity contribution is 6.30. The Balaban J connectivity index is 2.38. The van der Waals surface area contributed by atoms with E-state index in [9.17, 15) is 4.79 Å². The molecule has 5 heteroatoms. The second-order valence-electron chi connectivity index (χ2n) is 5.54. The molecule has 0 fully saturated rings. The Morgan fingerprint density at radius 2 is 1.95 bits per heavy atom. The topological polar surface area (TPSA) is 44.1 Å². The van der Waals surface area contributed by atoms with E-state index in [1.807, 2.05) is 32.9 Å². The number of nitrogens with zero attached hydrogens (tertiary/aromatic N) is 2. The third-order valence-electron chi connectivity index (χ3n) is 2.58. The summed E-state index contributed by atoms with van der Waals surface area (Å²) in [4.78, 5) is 16.1. The van der Waals surface area contributed by atoms with Crippen LogP contribution in [-0.4, -0.2) is 21.1 Å². The fourth-order valence-corrected chi connectivity index (χ4v) is 1.90. The predicted molar refractivity (Wildman–Crippen MR) is 82.9 cm³/mol. The highest BCUT2D eigenvalue weighted by Gasteiger charge is 2.16. The van der Waals surface area contributed by atoms with Crippen LogP contribution >= 0.6 is 11.6 Å². The Morgan fingerprint density at radius 3 is 2.48 bits per heavy atom. The van der Waals surface area contributed by atoms with Crippen LogP contribution in [0.1, 0.15) is 26.3 Å². The average Bonchev–Trinajstić information content (AvgIpc) is 2.88. The molecule has 0 radical (unpaired) electrons. The van der Waals surface area contributed by atoms with Crippen LogP contribution in [0.15, 0.2) is 49.1 Å². The number of halogens is 1. The lowest BCUT2D eigenvalue weighted by molar-refractivity contribution is -0.148. The number of carbonyl (C=O) groups excluding carboxylic acids is 1. The van der Waals surface area contributed by atoms with Gasteiger partial charge in [-0.15, -0.1) is 0 Å². The van der Waals surface area contributed by atoms with Crippen LogP contribution in [0.25, 0.3) is 5.70 Å². The van der Waals surface area contributed by atoms with Gasteiger partial charge in [0.1, 0.15) is 5.60 Å². The smallest absolute Gasteiger partial charge is 0.333 e. The quantitative estimate of drug-likeness (QED) is 0.640. The van der Waals surface area contributed by atoms with E-state index < -0.39 is 11.6 Å². The van der Waals surface area contributed by atoms with Crippen molar-refractivity contribution in [3.05, 3.63) is 59.6 Å². The molecule has 110 valence electrons. The van der Waals surface area contributed by atoms with Crippen LogP contribution in [-0.2, 0) is 9.53 Å². The lowest BCUT2D eigenvalue weighted by Crippen LogP contribution is -2.23. The van der Waals surface area contributed by atoms with E-state index in [1.165, 1.54) is 6.08 Å². The third kappa shape index (κ3) is 4.46. The van der Waals surface area contributed by atoms with Crippen LogP contribution in [0.3, 0.4) is 0 Å². The van der Waals surface area contributed by atoms with Gasteiger partial charge < -0.3 is 9.30 Å². The lowest BCUT2D eigenvalue weighted by Gasteiger charge is -2.19. The van der Waals surface area contributed by atoms with Gasteiger partial charge in [-0.1, -0.05) is 23.7 Å². The van der Waals surface area contributed by atoms with Crippen molar-refractivity contribution in [1.29, 1.82) is 0 Å². The number of carbonyl (C=O) groups is 1. The summed E-state index contributed by atoms with van der Waals surface area (Å²) < 4.78 is 7.09. The number of rotatable bonds is 3. The molecule has 1 aromatic carbocycles. The first-order valence-corrected chi connectivity index (χ1v) is 6.92. The fourth-order valence-electron chi connectivity index (χ4n) is 1.77. The first-order chi connectivity index (χ1) is 9.85. The Labute approximate surface area is 129 Å². The van der Waals surface area contributed by atoms with Crippen molar-refractivity contribution in [3.63, 3.8) is 0 Å². The highest BCUT2D eigenvalue weighted by Crippen LogP contribution is 2.20. The van der Waals surface area contributed by atoms with Crippen LogP contribution < -0.4 is 0 Å². The Hall–Kier alpha value is -2.07. The molecule has 0 aliphatic carbocycles. The summed E-state index contributed by atoms with van der Waals surface area (Å²) >= 11 is 5.90. The van der Waals surface area contributed by atoms with Gasteiger partial charge in [-0.3, -0.25) is 0 Å². The van der Waals surface area contributed by atoms with E-state index in [-0.39, 0.29) is 0 Å². The summed E-state index contributed by atoms with van der Waals surface area (Å²) in [7, 11) is 0. The minimum Gasteiger partial charge on any atom is -0.457 e. The van der Waals surface area contributed by atoms with Crippen molar-refractivity contribution in [2.75, 3.05) is 0 Å². The van der Waals surface area contributed by atoms with Gasteiger partial charge >= 0.3 is 5.97 Å². The van der Waals surface area contributed by atoms with Crippen molar-refractivity contribution in [1.82, 2.24) is 9.55 Å². The minimum absolute atomic E-state index is 0.402. The van der Waals surface area contributed by atoms with Crippen LogP contribution in [0, 0.1) is 0 Å². The number of hydrogen-bond acceptors (Lipinski definition) is 3. The molecular formula is C16H17ClN2O2. The monoisotopic (exact) mass is 304 g/mol. The van der Waals surface area contributed by atoms with Gasteiger partial charge in [-0.25, -0.2) is 9.78 Å². The molecule has 0 spiro atoms. The van der Waals surface area contributed by atoms with E-state index in [4.69, 9.17) is 16.3 Å². The number of imidazole rings is 1. The molecule has 4 nitrogen and oxygen atoms in total. The molecule has 0 atom stereocenters. The van der Waals surface area contributed by atoms with Crippen molar-refractivity contribution in [3.8, 4) is 0 Å². The second-order valence-corrected chi connectivity index (χ2v) is 5.98. The standard InChI is InChI=1S/C16H17ClN2O2/c1-16(2,3)21-15(20)10-14(19-9-8-18-11-19)12-4-6-13(17)7-5-12/h4-11H,1-3H3. The number of benzene rings is 1. The molecular weight excluding hydrogens is 288 g/mol. The molecule has 2 aromatic rings. The number of esters is 1. The van der Waals surface area contributed by atoms with E-state index in [0.717, 1.165) is 5.56 Å². The zero-order valence-electron chi connectivity index (χ0n) is 12.2. The Morgan fingerprint density at radius 1 is 1.29 bits per heavy atom. The molecule has 1 aromatic heterocycles. The number of hydrogen-bond donors (Lipinski definition) is 0. The van der Waals surface area contributed by atoms with Gasteiger partial charge in [-0.2, -0.15) is 0 Å². The third-order valence-corrected chi connectivity index (χ3v) is 2.84. The van der Waals surface area contributed by atoms with Gasteiger partial charge in [0.05, 0.1) is 12.0 Å². The maximum absolute atomic E-state index is 12.0. The average molecular weight is 305 g/mol. The molecule has 2 rings (SSSR count). The maximum atomic E-state index is 12.0. The van der Waals surface area contributed by atoms with E-state index in [0.29, 0.717) is 10.7 Å². The molecule has 0 aliphatic rings. The molecule has 0 bridgehead atoms. The van der Waals surface area contributed by atoms with Crippen molar-refractivity contribution in [2.24, 2.45) is 0 Å². The second kappa shape index (κ2) is 6.14. The zero-order chi connectivity index (χ0) is 15.5. The molecule has 0 unspecified atom stereocenters. The molecule has 0 saturated heterocycles. The minimum atomic E-state index is -0.534. The molecule has 0 N–H and O–H groups in total. The molecule has 0 amide bonds. The van der Waals surface area contributed by atoms with Gasteiger partial charge in [0.25, 0.3) is 0 Å². The lowest BCUT2D eigenvalue weighted by atomic mass is 10.1. The molecule has 1 heterocycles. The van der Waals surface area contributed by atoms with Gasteiger partial charge in [0.2, 0.25) is 0 Å². The Kier molecular flexibility index (Phi) is 4.48. The van der Waals surface area contributed by atoms with Gasteiger partial charge in [0, 0.05) is 23.5 Å². The van der Waals surface area contributed by atoms with Crippen LogP contribution in [0.5, 0.6) is 0 Å². The van der Waals surface area contributed by atoms with Crippen molar-refractivity contribution < 1.29 is 9.53 Å². The summed E-state index contributed by atoms with van der Waals surface area (Å²) in [6, 6.07) is 7.24. The van der Waals surface area contributed by atoms with Crippen LogP contribution in [0.4, 0.5) is 0 Å². The molecule has 21 heavy (non-hydrogen) atoms. The SMILES string of the molecule is CC(C)(C)OC(=O)C=C(c1ccc(Cl)cc1)n1ccnc1. The Bertz CT molecular complexity index is 638. The van der Waals surface area contributed by atoms with Gasteiger partial charge in [0.15, 0.2) is 0 Å². The van der Waals surface area contributed by atoms with E-state index in [2.05, 4.69) is 4.98 Å². The summed E-state index contributed by atoms with van der Waals surface area (Å²) in [6.45, 7) is 5.49. The summed E-state index contributed by atoms with van der Waals surface area (Å²) in [5.74, 6) is -0.402. The predicted octanol–water partition coefficient (Wildman–Crippen LogP) is 3.77. The normalized spacial score (nSPS) is 12.3. The fraction of sp³-hybridized carbons (Fsp3) is 0.250. The van der Waals surface area contributed by atoms with E-state index >= 15 is 0 Å². The van der Waals surface area contributed by atoms with E-state index in [1.54, 1.807) is 35.4 Å². The highest BCUT2D eigenvalue weighted by atomic mass is 35.5. The molecule has 0 saturated carbocycles. The van der Waals surface area contributed by atoms with Crippen molar-refractivity contribution >= 4 is 23.3 Å². The van der Waals surface area contributed by atoms with Crippen LogP contribution in [0.2, 0.25) is 5.02 Å². The molecule has 0 aliphatic heterocycles. The largest absolute Gasteiger partial charge is 0.457 e. The summed E-state index contributed by atoms with van der Waals surface area (Å²) in [5.41, 5.74) is 0.995. The van der Waals surface area contributed by atoms with Crippen molar-refractivity contribution in [2.45, 2.75) is 26.4 Å². The zero-order valence-corrected chi connectivity index (χ0v) is 13.0. The summed E-state index contributed by atoms with van der Waals surface area (Å²) in [5, 5.41) is 0.640. The first kappa shape index (κ1) is 15.3. The number of ether oxygens (including phenoxy) is 1. The number of aromatic nitrogens is 2.